The van der Waals surface area contributed by atoms with Crippen molar-refractivity contribution in [2.75, 3.05) is 4.90 Å². The summed E-state index contributed by atoms with van der Waals surface area (Å²) in [5, 5.41) is 2.22. The maximum Gasteiger partial charge on any atom is 0.237 e. The number of aliphatic imine (C=N–C) groups is 1. The molecule has 2 atom stereocenters. The molecule has 0 aromatic heterocycles. The van der Waals surface area contributed by atoms with Crippen LogP contribution in [0, 0.1) is 11.8 Å². The van der Waals surface area contributed by atoms with E-state index < -0.39 is 0 Å². The molecule has 4 aromatic rings. The van der Waals surface area contributed by atoms with Crippen LogP contribution < -0.4 is 4.90 Å². The van der Waals surface area contributed by atoms with E-state index >= 15 is 0 Å². The van der Waals surface area contributed by atoms with Crippen LogP contribution in [0.2, 0.25) is 0 Å². The molecule has 146 valence electrons. The molecule has 2 aliphatic heterocycles. The minimum Gasteiger partial charge on any atom is -0.274 e. The van der Waals surface area contributed by atoms with Crippen molar-refractivity contribution in [1.29, 1.82) is 0 Å². The van der Waals surface area contributed by atoms with Gasteiger partial charge in [0.25, 0.3) is 0 Å². The van der Waals surface area contributed by atoms with Crippen molar-refractivity contribution in [3.05, 3.63) is 107 Å². The van der Waals surface area contributed by atoms with Crippen LogP contribution in [0.4, 0.5) is 11.4 Å². The van der Waals surface area contributed by atoms with E-state index in [1.807, 2.05) is 4.90 Å². The quantitative estimate of drug-likeness (QED) is 0.371. The Kier molecular flexibility index (Phi) is 2.74. The Hall–Kier alpha value is -3.72. The first-order valence-electron chi connectivity index (χ1n) is 10.9. The van der Waals surface area contributed by atoms with Gasteiger partial charge in [0.2, 0.25) is 5.91 Å². The zero-order chi connectivity index (χ0) is 20.3. The molecule has 1 fully saturated rings. The lowest BCUT2D eigenvalue weighted by Crippen LogP contribution is -2.41. The van der Waals surface area contributed by atoms with Gasteiger partial charge in [-0.1, -0.05) is 72.8 Å². The predicted octanol–water partition coefficient (Wildman–Crippen LogP) is 5.75. The van der Waals surface area contributed by atoms with Crippen LogP contribution in [0.25, 0.3) is 10.8 Å². The van der Waals surface area contributed by atoms with Gasteiger partial charge in [-0.2, -0.15) is 0 Å². The van der Waals surface area contributed by atoms with Gasteiger partial charge in [0.05, 0.1) is 17.3 Å². The second-order valence-corrected chi connectivity index (χ2v) is 9.06. The highest BCUT2D eigenvalue weighted by atomic mass is 16.2. The molecule has 1 saturated heterocycles. The SMILES string of the molecule is O=C1C2C3c4ccccc4C(c4ccccc43)C2C2=Nc3cccc4cccc(c34)N12. The second kappa shape index (κ2) is 5.30. The first kappa shape index (κ1) is 16.0. The monoisotopic (exact) mass is 398 g/mol. The number of hydrogen-bond donors (Lipinski definition) is 0. The number of hydrogen-bond acceptors (Lipinski definition) is 2. The first-order chi connectivity index (χ1) is 15.3. The number of carbonyl (C=O) groups is 1. The molecule has 5 aliphatic rings. The fourth-order valence-electron chi connectivity index (χ4n) is 6.77. The Balaban J connectivity index is 1.45. The lowest BCUT2D eigenvalue weighted by Gasteiger charge is -2.46. The standard InChI is InChI=1S/C28H18N2O/c31-28-26-24-18-11-3-1-9-16(18)23(17-10-2-4-12-19(17)24)25(26)27-29-20-13-5-7-15-8-6-14-21(22(15)20)30(27)28/h1-14,23-26H. The number of nitrogens with zero attached hydrogens (tertiary/aromatic N) is 2. The third-order valence-corrected chi connectivity index (χ3v) is 7.81. The highest BCUT2D eigenvalue weighted by molar-refractivity contribution is 6.31. The van der Waals surface area contributed by atoms with E-state index in [-0.39, 0.29) is 29.6 Å². The average molecular weight is 398 g/mol. The molecule has 9 rings (SSSR count). The summed E-state index contributed by atoms with van der Waals surface area (Å²) < 4.78 is 0. The summed E-state index contributed by atoms with van der Waals surface area (Å²) in [5.41, 5.74) is 7.33. The van der Waals surface area contributed by atoms with Gasteiger partial charge in [-0.05, 0) is 39.8 Å². The Morgan fingerprint density at radius 1 is 0.645 bits per heavy atom. The molecule has 0 radical (unpaired) electrons. The highest BCUT2D eigenvalue weighted by Gasteiger charge is 2.61. The maximum atomic E-state index is 14.1. The smallest absolute Gasteiger partial charge is 0.237 e. The van der Waals surface area contributed by atoms with Gasteiger partial charge in [0, 0.05) is 23.1 Å². The van der Waals surface area contributed by atoms with E-state index in [4.69, 9.17) is 4.99 Å². The number of fused-ring (bicyclic) bond motifs is 2. The molecule has 0 spiro atoms. The molecule has 2 bridgehead atoms. The molecular weight excluding hydrogens is 380 g/mol. The van der Waals surface area contributed by atoms with E-state index in [1.165, 1.54) is 22.3 Å². The summed E-state index contributed by atoms with van der Waals surface area (Å²) in [6.07, 6.45) is 0. The van der Waals surface area contributed by atoms with Crippen molar-refractivity contribution in [3.63, 3.8) is 0 Å². The van der Waals surface area contributed by atoms with Crippen LogP contribution >= 0.6 is 0 Å². The summed E-state index contributed by atoms with van der Waals surface area (Å²) in [4.78, 5) is 21.2. The van der Waals surface area contributed by atoms with E-state index in [0.29, 0.717) is 0 Å². The van der Waals surface area contributed by atoms with Crippen molar-refractivity contribution in [1.82, 2.24) is 0 Å². The van der Waals surface area contributed by atoms with Crippen molar-refractivity contribution in [2.45, 2.75) is 11.8 Å². The van der Waals surface area contributed by atoms with Crippen LogP contribution in [0.5, 0.6) is 0 Å². The van der Waals surface area contributed by atoms with Crippen LogP contribution in [-0.4, -0.2) is 11.7 Å². The van der Waals surface area contributed by atoms with Crippen molar-refractivity contribution in [3.8, 4) is 0 Å². The summed E-state index contributed by atoms with van der Waals surface area (Å²) in [6.45, 7) is 0. The largest absolute Gasteiger partial charge is 0.274 e. The van der Waals surface area contributed by atoms with Crippen LogP contribution in [0.15, 0.2) is 89.9 Å². The van der Waals surface area contributed by atoms with E-state index in [0.717, 1.165) is 28.0 Å². The van der Waals surface area contributed by atoms with Gasteiger partial charge in [0.1, 0.15) is 5.84 Å². The van der Waals surface area contributed by atoms with Crippen LogP contribution in [0.1, 0.15) is 34.1 Å². The lowest BCUT2D eigenvalue weighted by atomic mass is 9.55. The average Bonchev–Trinajstić information content (AvgIpc) is 3.12. The fraction of sp³-hybridized carbons (Fsp3) is 0.143. The van der Waals surface area contributed by atoms with Crippen LogP contribution in [0.3, 0.4) is 0 Å². The first-order valence-corrected chi connectivity index (χ1v) is 10.9. The number of carbonyl (C=O) groups excluding carboxylic acids is 1. The Morgan fingerprint density at radius 2 is 1.23 bits per heavy atom. The molecule has 3 nitrogen and oxygen atoms in total. The van der Waals surface area contributed by atoms with E-state index in [2.05, 4.69) is 84.9 Å². The Labute approximate surface area is 179 Å². The van der Waals surface area contributed by atoms with Gasteiger partial charge in [-0.3, -0.25) is 9.69 Å². The second-order valence-electron chi connectivity index (χ2n) is 9.06. The van der Waals surface area contributed by atoms with Gasteiger partial charge in [0.15, 0.2) is 0 Å². The topological polar surface area (TPSA) is 32.7 Å². The lowest BCUT2D eigenvalue weighted by molar-refractivity contribution is -0.121. The molecule has 3 heteroatoms. The molecule has 0 N–H and O–H groups in total. The summed E-state index contributed by atoms with van der Waals surface area (Å²) in [5.74, 6) is 1.36. The molecule has 2 heterocycles. The summed E-state index contributed by atoms with van der Waals surface area (Å²) in [7, 11) is 0. The molecule has 0 saturated carbocycles. The number of rotatable bonds is 0. The van der Waals surface area contributed by atoms with Gasteiger partial charge in [-0.15, -0.1) is 0 Å². The van der Waals surface area contributed by atoms with Crippen LogP contribution in [-0.2, 0) is 4.79 Å². The number of amidine groups is 1. The fourth-order valence-corrected chi connectivity index (χ4v) is 6.77. The van der Waals surface area contributed by atoms with Gasteiger partial charge < -0.3 is 0 Å². The number of benzene rings is 4. The van der Waals surface area contributed by atoms with Gasteiger partial charge >= 0.3 is 0 Å². The minimum atomic E-state index is -0.0990. The molecule has 31 heavy (non-hydrogen) atoms. The third kappa shape index (κ3) is 1.74. The highest BCUT2D eigenvalue weighted by Crippen LogP contribution is 2.62. The van der Waals surface area contributed by atoms with Crippen molar-refractivity contribution in [2.24, 2.45) is 16.8 Å². The van der Waals surface area contributed by atoms with E-state index in [1.54, 1.807) is 0 Å². The predicted molar refractivity (Wildman–Crippen MR) is 122 cm³/mol. The Bertz CT molecular complexity index is 1450. The summed E-state index contributed by atoms with van der Waals surface area (Å²) in [6, 6.07) is 29.9. The minimum absolute atomic E-state index is 0.0749. The van der Waals surface area contributed by atoms with Gasteiger partial charge in [-0.25, -0.2) is 4.99 Å². The molecule has 3 aliphatic carbocycles. The third-order valence-electron chi connectivity index (χ3n) is 7.81. The normalized spacial score (nSPS) is 26.3. The van der Waals surface area contributed by atoms with Crippen molar-refractivity contribution < 1.29 is 4.79 Å². The summed E-state index contributed by atoms with van der Waals surface area (Å²) >= 11 is 0. The molecule has 1 amide bonds. The number of amides is 1. The molecule has 2 unspecified atom stereocenters. The zero-order valence-electron chi connectivity index (χ0n) is 16.7. The molecule has 4 aromatic carbocycles. The van der Waals surface area contributed by atoms with Crippen molar-refractivity contribution >= 4 is 33.9 Å². The molecular formula is C28H18N2O. The number of anilines is 1. The van der Waals surface area contributed by atoms with E-state index in [9.17, 15) is 4.79 Å². The zero-order valence-corrected chi connectivity index (χ0v) is 16.7. The Morgan fingerprint density at radius 3 is 1.87 bits per heavy atom. The maximum absolute atomic E-state index is 14.1.